The fraction of sp³-hybridized carbons (Fsp3) is 0.765. The summed E-state index contributed by atoms with van der Waals surface area (Å²) < 4.78 is 7.45. The lowest BCUT2D eigenvalue weighted by Crippen LogP contribution is -2.39. The van der Waals surface area contributed by atoms with E-state index in [4.69, 9.17) is 10.5 Å². The van der Waals surface area contributed by atoms with Crippen LogP contribution >= 0.6 is 24.0 Å². The van der Waals surface area contributed by atoms with E-state index in [1.165, 1.54) is 25.7 Å². The Kier molecular flexibility index (Phi) is 8.97. The Balaban J connectivity index is 0.00000225. The van der Waals surface area contributed by atoms with E-state index in [-0.39, 0.29) is 24.0 Å². The molecule has 0 spiro atoms. The Morgan fingerprint density at radius 2 is 2.08 bits per heavy atom. The lowest BCUT2D eigenvalue weighted by molar-refractivity contribution is 0.0376. The largest absolute Gasteiger partial charge is 0.379 e. The molecule has 2 aliphatic rings. The third-order valence-corrected chi connectivity index (χ3v) is 4.83. The Labute approximate surface area is 167 Å². The smallest absolute Gasteiger partial charge is 0.188 e. The molecule has 3 rings (SSSR count). The van der Waals surface area contributed by atoms with Crippen LogP contribution in [0.4, 0.5) is 0 Å². The van der Waals surface area contributed by atoms with Crippen LogP contribution in [0.1, 0.15) is 43.8 Å². The topological polar surface area (TPSA) is 80.7 Å². The molecular formula is C17H31IN6O. The van der Waals surface area contributed by atoms with E-state index in [0.29, 0.717) is 18.5 Å². The molecule has 7 nitrogen and oxygen atoms in total. The molecule has 1 aromatic rings. The van der Waals surface area contributed by atoms with Crippen molar-refractivity contribution in [1.82, 2.24) is 20.0 Å². The van der Waals surface area contributed by atoms with E-state index >= 15 is 0 Å². The summed E-state index contributed by atoms with van der Waals surface area (Å²) in [6.45, 7) is 6.25. The summed E-state index contributed by atoms with van der Waals surface area (Å²) in [4.78, 5) is 6.82. The summed E-state index contributed by atoms with van der Waals surface area (Å²) in [6, 6.07) is 2.63. The van der Waals surface area contributed by atoms with Crippen LogP contribution in [0.25, 0.3) is 0 Å². The number of rotatable bonds is 7. The van der Waals surface area contributed by atoms with Gasteiger partial charge in [-0.05, 0) is 31.9 Å². The third-order valence-electron chi connectivity index (χ3n) is 4.83. The lowest BCUT2D eigenvalue weighted by atomic mass is 10.3. The first kappa shape index (κ1) is 20.4. The van der Waals surface area contributed by atoms with E-state index in [1.54, 1.807) is 0 Å². The van der Waals surface area contributed by atoms with Crippen molar-refractivity contribution in [3.05, 3.63) is 18.0 Å². The van der Waals surface area contributed by atoms with Gasteiger partial charge in [-0.2, -0.15) is 5.10 Å². The average Bonchev–Trinajstić information content (AvgIpc) is 3.29. The fourth-order valence-electron chi connectivity index (χ4n) is 3.40. The predicted molar refractivity (Wildman–Crippen MR) is 110 cm³/mol. The molecule has 0 atom stereocenters. The summed E-state index contributed by atoms with van der Waals surface area (Å²) >= 11 is 0. The van der Waals surface area contributed by atoms with Crippen molar-refractivity contribution in [2.75, 3.05) is 39.4 Å². The van der Waals surface area contributed by atoms with Gasteiger partial charge in [0.05, 0.1) is 31.5 Å². The zero-order chi connectivity index (χ0) is 16.6. The van der Waals surface area contributed by atoms with E-state index in [0.717, 1.165) is 51.5 Å². The van der Waals surface area contributed by atoms with Crippen molar-refractivity contribution in [1.29, 1.82) is 0 Å². The predicted octanol–water partition coefficient (Wildman–Crippen LogP) is 1.74. The monoisotopic (exact) mass is 462 g/mol. The standard InChI is InChI=1S/C17H30N6O.HI/c18-17(19-7-3-8-22-10-12-24-13-11-22)20-14-15-6-9-23(21-15)16-4-1-2-5-16;/h6,9,16H,1-5,7-8,10-14H2,(H3,18,19,20);1H. The van der Waals surface area contributed by atoms with Gasteiger partial charge >= 0.3 is 0 Å². The number of nitrogens with zero attached hydrogens (tertiary/aromatic N) is 4. The molecule has 0 radical (unpaired) electrons. The van der Waals surface area contributed by atoms with Crippen LogP contribution in [0.15, 0.2) is 17.3 Å². The number of hydrogen-bond acceptors (Lipinski definition) is 4. The summed E-state index contributed by atoms with van der Waals surface area (Å²) in [5.41, 5.74) is 6.93. The second-order valence-electron chi connectivity index (χ2n) is 6.66. The molecule has 2 fully saturated rings. The summed E-state index contributed by atoms with van der Waals surface area (Å²) in [6.07, 6.45) is 8.27. The zero-order valence-corrected chi connectivity index (χ0v) is 17.2. The molecule has 0 amide bonds. The van der Waals surface area contributed by atoms with Crippen LogP contribution in [-0.4, -0.2) is 60.0 Å². The van der Waals surface area contributed by atoms with E-state index in [2.05, 4.69) is 31.2 Å². The van der Waals surface area contributed by atoms with Crippen molar-refractivity contribution in [2.45, 2.75) is 44.7 Å². The number of morpholine rings is 1. The molecule has 0 unspecified atom stereocenters. The van der Waals surface area contributed by atoms with Gasteiger partial charge in [0.15, 0.2) is 5.96 Å². The normalized spacial score (nSPS) is 19.8. The first-order valence-corrected chi connectivity index (χ1v) is 9.19. The Morgan fingerprint density at radius 3 is 2.84 bits per heavy atom. The molecule has 25 heavy (non-hydrogen) atoms. The minimum absolute atomic E-state index is 0. The summed E-state index contributed by atoms with van der Waals surface area (Å²) in [5.74, 6) is 0.507. The van der Waals surface area contributed by atoms with Crippen LogP contribution in [-0.2, 0) is 11.3 Å². The highest BCUT2D eigenvalue weighted by Gasteiger charge is 2.17. The zero-order valence-electron chi connectivity index (χ0n) is 14.9. The van der Waals surface area contributed by atoms with Crippen LogP contribution < -0.4 is 11.1 Å². The van der Waals surface area contributed by atoms with Gasteiger partial charge in [0.1, 0.15) is 0 Å². The van der Waals surface area contributed by atoms with Gasteiger partial charge in [0, 0.05) is 25.8 Å². The van der Waals surface area contributed by atoms with Gasteiger partial charge in [-0.1, -0.05) is 12.8 Å². The fourth-order valence-corrected chi connectivity index (χ4v) is 3.40. The molecule has 0 aromatic carbocycles. The number of ether oxygens (including phenoxy) is 1. The maximum Gasteiger partial charge on any atom is 0.188 e. The van der Waals surface area contributed by atoms with E-state index in [9.17, 15) is 0 Å². The number of halogens is 1. The quantitative estimate of drug-likeness (QED) is 0.279. The highest BCUT2D eigenvalue weighted by molar-refractivity contribution is 14.0. The second kappa shape index (κ2) is 11.0. The van der Waals surface area contributed by atoms with Crippen molar-refractivity contribution in [3.8, 4) is 0 Å². The Hall–Kier alpha value is -0.870. The minimum Gasteiger partial charge on any atom is -0.379 e. The van der Waals surface area contributed by atoms with Crippen molar-refractivity contribution < 1.29 is 4.74 Å². The molecule has 3 N–H and O–H groups in total. The number of aliphatic imine (C=N–C) groups is 1. The highest BCUT2D eigenvalue weighted by Crippen LogP contribution is 2.28. The molecule has 1 saturated carbocycles. The molecular weight excluding hydrogens is 431 g/mol. The van der Waals surface area contributed by atoms with Crippen LogP contribution in [0, 0.1) is 0 Å². The highest BCUT2D eigenvalue weighted by atomic mass is 127. The van der Waals surface area contributed by atoms with E-state index < -0.39 is 0 Å². The number of nitrogens with two attached hydrogens (primary N) is 1. The van der Waals surface area contributed by atoms with Gasteiger partial charge < -0.3 is 15.8 Å². The lowest BCUT2D eigenvalue weighted by Gasteiger charge is -2.26. The van der Waals surface area contributed by atoms with Gasteiger partial charge in [0.2, 0.25) is 0 Å². The molecule has 8 heteroatoms. The molecule has 142 valence electrons. The number of guanidine groups is 1. The van der Waals surface area contributed by atoms with Crippen LogP contribution in [0.2, 0.25) is 0 Å². The molecule has 1 aliphatic heterocycles. The van der Waals surface area contributed by atoms with Gasteiger partial charge in [0.25, 0.3) is 0 Å². The van der Waals surface area contributed by atoms with Gasteiger partial charge in [-0.3, -0.25) is 9.58 Å². The summed E-state index contributed by atoms with van der Waals surface area (Å²) in [7, 11) is 0. The van der Waals surface area contributed by atoms with Crippen molar-refractivity contribution >= 4 is 29.9 Å². The maximum absolute atomic E-state index is 5.94. The van der Waals surface area contributed by atoms with Crippen LogP contribution in [0.3, 0.4) is 0 Å². The molecule has 1 saturated heterocycles. The Morgan fingerprint density at radius 1 is 1.32 bits per heavy atom. The Bertz CT molecular complexity index is 523. The molecule has 1 aliphatic carbocycles. The third kappa shape index (κ3) is 6.74. The molecule has 1 aromatic heterocycles. The number of hydrogen-bond donors (Lipinski definition) is 2. The number of aromatic nitrogens is 2. The number of nitrogens with one attached hydrogen (secondary N) is 1. The maximum atomic E-state index is 5.94. The summed E-state index contributed by atoms with van der Waals surface area (Å²) in [5, 5.41) is 7.82. The average molecular weight is 462 g/mol. The SMILES string of the molecule is I.NC(=NCc1ccn(C2CCCC2)n1)NCCCN1CCOCC1. The van der Waals surface area contributed by atoms with E-state index in [1.807, 2.05) is 6.07 Å². The molecule has 0 bridgehead atoms. The minimum atomic E-state index is 0. The van der Waals surface area contributed by atoms with Crippen LogP contribution in [0.5, 0.6) is 0 Å². The first-order valence-electron chi connectivity index (χ1n) is 9.19. The second-order valence-corrected chi connectivity index (χ2v) is 6.66. The van der Waals surface area contributed by atoms with Crippen molar-refractivity contribution in [2.24, 2.45) is 10.7 Å². The van der Waals surface area contributed by atoms with Crippen molar-refractivity contribution in [3.63, 3.8) is 0 Å². The van der Waals surface area contributed by atoms with Gasteiger partial charge in [-0.25, -0.2) is 4.99 Å². The molecule has 2 heterocycles. The van der Waals surface area contributed by atoms with Gasteiger partial charge in [-0.15, -0.1) is 24.0 Å². The first-order chi connectivity index (χ1) is 11.8.